The third kappa shape index (κ3) is 4.83. The van der Waals surface area contributed by atoms with Gasteiger partial charge in [-0.15, -0.1) is 0 Å². The molecular weight excluding hydrogens is 391 g/mol. The van der Waals surface area contributed by atoms with E-state index in [0.29, 0.717) is 17.8 Å². The topological polar surface area (TPSA) is 44.7 Å². The van der Waals surface area contributed by atoms with Crippen molar-refractivity contribution in [3.63, 3.8) is 0 Å². The molecule has 0 aromatic heterocycles. The highest BCUT2D eigenvalue weighted by molar-refractivity contribution is 6.39. The van der Waals surface area contributed by atoms with Gasteiger partial charge < -0.3 is 5.32 Å². The maximum absolute atomic E-state index is 13.1. The van der Waals surface area contributed by atoms with Crippen LogP contribution in [0.4, 0.5) is 13.2 Å². The summed E-state index contributed by atoms with van der Waals surface area (Å²) < 4.78 is 39.4. The molecule has 4 nitrogen and oxygen atoms in total. The second-order valence-electron chi connectivity index (χ2n) is 8.00. The van der Waals surface area contributed by atoms with Crippen LogP contribution >= 0.6 is 0 Å². The van der Waals surface area contributed by atoms with Crippen LogP contribution in [0.1, 0.15) is 56.3 Å². The first-order valence-electron chi connectivity index (χ1n) is 10.0. The Labute approximate surface area is 174 Å². The van der Waals surface area contributed by atoms with E-state index < -0.39 is 23.3 Å². The summed E-state index contributed by atoms with van der Waals surface area (Å²) in [5, 5.41) is 9.19. The van der Waals surface area contributed by atoms with Crippen LogP contribution in [0.3, 0.4) is 0 Å². The van der Waals surface area contributed by atoms with Crippen molar-refractivity contribution < 1.29 is 18.0 Å². The number of hydrogen-bond donors (Lipinski definition) is 1. The molecule has 0 bridgehead atoms. The number of benzene rings is 2. The zero-order chi connectivity index (χ0) is 21.9. The SMILES string of the molecule is CCCN1N=C(C(=O)NC(C)(C)c2ccccc2)CC1c1cccc(C(F)(F)F)c1. The first-order valence-corrected chi connectivity index (χ1v) is 10.0. The van der Waals surface area contributed by atoms with Gasteiger partial charge in [0, 0.05) is 13.0 Å². The first kappa shape index (κ1) is 21.9. The van der Waals surface area contributed by atoms with E-state index in [1.807, 2.05) is 51.1 Å². The lowest BCUT2D eigenvalue weighted by Gasteiger charge is -2.26. The molecule has 0 saturated heterocycles. The number of hydrazone groups is 1. The Hall–Kier alpha value is -2.83. The van der Waals surface area contributed by atoms with E-state index >= 15 is 0 Å². The van der Waals surface area contributed by atoms with E-state index in [2.05, 4.69) is 10.4 Å². The van der Waals surface area contributed by atoms with Crippen molar-refractivity contribution in [1.29, 1.82) is 0 Å². The number of nitrogens with zero attached hydrogens (tertiary/aromatic N) is 2. The predicted octanol–water partition coefficient (Wildman–Crippen LogP) is 5.27. The zero-order valence-corrected chi connectivity index (χ0v) is 17.3. The Morgan fingerprint density at radius 1 is 1.10 bits per heavy atom. The molecule has 1 N–H and O–H groups in total. The number of rotatable bonds is 6. The lowest BCUT2D eigenvalue weighted by molar-refractivity contribution is -0.137. The fraction of sp³-hybridized carbons (Fsp3) is 0.391. The second-order valence-corrected chi connectivity index (χ2v) is 8.00. The van der Waals surface area contributed by atoms with Crippen LogP contribution in [0.25, 0.3) is 0 Å². The van der Waals surface area contributed by atoms with Crippen molar-refractivity contribution in [1.82, 2.24) is 10.3 Å². The van der Waals surface area contributed by atoms with Crippen LogP contribution in [0.5, 0.6) is 0 Å². The third-order valence-corrected chi connectivity index (χ3v) is 5.23. The van der Waals surface area contributed by atoms with Crippen LogP contribution in [-0.4, -0.2) is 23.2 Å². The molecule has 1 aliphatic rings. The maximum atomic E-state index is 13.1. The number of amides is 1. The molecule has 0 aliphatic carbocycles. The van der Waals surface area contributed by atoms with Crippen LogP contribution in [0.2, 0.25) is 0 Å². The average molecular weight is 417 g/mol. The second kappa shape index (κ2) is 8.50. The minimum Gasteiger partial charge on any atom is -0.342 e. The summed E-state index contributed by atoms with van der Waals surface area (Å²) in [7, 11) is 0. The van der Waals surface area contributed by atoms with Crippen LogP contribution in [0, 0.1) is 0 Å². The maximum Gasteiger partial charge on any atom is 0.416 e. The highest BCUT2D eigenvalue weighted by Crippen LogP contribution is 2.35. The van der Waals surface area contributed by atoms with Gasteiger partial charge in [-0.05, 0) is 43.5 Å². The number of nitrogens with one attached hydrogen (secondary N) is 1. The molecule has 0 spiro atoms. The molecule has 0 radical (unpaired) electrons. The minimum atomic E-state index is -4.41. The van der Waals surface area contributed by atoms with Gasteiger partial charge in [-0.1, -0.05) is 49.4 Å². The summed E-state index contributed by atoms with van der Waals surface area (Å²) in [5.41, 5.74) is 0.489. The van der Waals surface area contributed by atoms with Gasteiger partial charge in [0.2, 0.25) is 0 Å². The Kier molecular flexibility index (Phi) is 6.19. The van der Waals surface area contributed by atoms with Gasteiger partial charge in [-0.25, -0.2) is 0 Å². The number of hydrogen-bond acceptors (Lipinski definition) is 3. The van der Waals surface area contributed by atoms with E-state index in [1.165, 1.54) is 6.07 Å². The zero-order valence-electron chi connectivity index (χ0n) is 17.3. The molecule has 1 aliphatic heterocycles. The van der Waals surface area contributed by atoms with Gasteiger partial charge in [0.05, 0.1) is 17.1 Å². The van der Waals surface area contributed by atoms with Gasteiger partial charge in [0.15, 0.2) is 0 Å². The van der Waals surface area contributed by atoms with Gasteiger partial charge in [-0.3, -0.25) is 9.80 Å². The molecule has 7 heteroatoms. The summed E-state index contributed by atoms with van der Waals surface area (Å²) in [6.07, 6.45) is -3.38. The molecule has 1 heterocycles. The van der Waals surface area contributed by atoms with Crippen molar-refractivity contribution in [3.8, 4) is 0 Å². The van der Waals surface area contributed by atoms with Crippen LogP contribution in [-0.2, 0) is 16.5 Å². The summed E-state index contributed by atoms with van der Waals surface area (Å²) in [5.74, 6) is -0.306. The minimum absolute atomic E-state index is 0.262. The molecule has 0 fully saturated rings. The molecule has 0 saturated carbocycles. The normalized spacial score (nSPS) is 17.1. The molecular formula is C23H26F3N3O. The van der Waals surface area contributed by atoms with Gasteiger partial charge in [0.25, 0.3) is 5.91 Å². The summed E-state index contributed by atoms with van der Waals surface area (Å²) in [4.78, 5) is 12.9. The lowest BCUT2D eigenvalue weighted by Crippen LogP contribution is -2.44. The third-order valence-electron chi connectivity index (χ3n) is 5.23. The number of alkyl halides is 3. The summed E-state index contributed by atoms with van der Waals surface area (Å²) in [6.45, 7) is 6.34. The molecule has 3 rings (SSSR count). The first-order chi connectivity index (χ1) is 14.1. The smallest absolute Gasteiger partial charge is 0.342 e. The molecule has 1 amide bonds. The Morgan fingerprint density at radius 2 is 1.77 bits per heavy atom. The predicted molar refractivity (Wildman–Crippen MR) is 111 cm³/mol. The molecule has 1 atom stereocenters. The van der Waals surface area contributed by atoms with Crippen molar-refractivity contribution in [2.75, 3.05) is 6.54 Å². The van der Waals surface area contributed by atoms with E-state index in [-0.39, 0.29) is 12.3 Å². The van der Waals surface area contributed by atoms with E-state index in [1.54, 1.807) is 11.1 Å². The standard InChI is InChI=1S/C23H26F3N3O/c1-4-13-29-20(16-9-8-12-18(14-16)23(24,25)26)15-19(28-29)21(30)27-22(2,3)17-10-6-5-7-11-17/h5-12,14,20H,4,13,15H2,1-3H3,(H,27,30). The van der Waals surface area contributed by atoms with Gasteiger partial charge in [-0.2, -0.15) is 18.3 Å². The van der Waals surface area contributed by atoms with Gasteiger partial charge >= 0.3 is 6.18 Å². The van der Waals surface area contributed by atoms with E-state index in [4.69, 9.17) is 0 Å². The highest BCUT2D eigenvalue weighted by atomic mass is 19.4. The highest BCUT2D eigenvalue weighted by Gasteiger charge is 2.35. The van der Waals surface area contributed by atoms with Crippen LogP contribution in [0.15, 0.2) is 59.7 Å². The largest absolute Gasteiger partial charge is 0.416 e. The molecule has 30 heavy (non-hydrogen) atoms. The molecule has 2 aromatic rings. The van der Waals surface area contributed by atoms with Crippen molar-refractivity contribution in [2.45, 2.75) is 51.4 Å². The number of carbonyl (C=O) groups is 1. The summed E-state index contributed by atoms with van der Waals surface area (Å²) >= 11 is 0. The van der Waals surface area contributed by atoms with Crippen molar-refractivity contribution in [3.05, 3.63) is 71.3 Å². The molecule has 1 unspecified atom stereocenters. The summed E-state index contributed by atoms with van der Waals surface area (Å²) in [6, 6.07) is 14.5. The van der Waals surface area contributed by atoms with E-state index in [0.717, 1.165) is 24.1 Å². The van der Waals surface area contributed by atoms with Crippen molar-refractivity contribution in [2.24, 2.45) is 5.10 Å². The van der Waals surface area contributed by atoms with Crippen LogP contribution < -0.4 is 5.32 Å². The average Bonchev–Trinajstić information content (AvgIpc) is 3.12. The lowest BCUT2D eigenvalue weighted by atomic mass is 9.93. The van der Waals surface area contributed by atoms with E-state index in [9.17, 15) is 18.0 Å². The number of carbonyl (C=O) groups excluding carboxylic acids is 1. The Morgan fingerprint density at radius 3 is 2.40 bits per heavy atom. The fourth-order valence-electron chi connectivity index (χ4n) is 3.62. The molecule has 160 valence electrons. The van der Waals surface area contributed by atoms with Gasteiger partial charge in [0.1, 0.15) is 5.71 Å². The van der Waals surface area contributed by atoms with Crippen molar-refractivity contribution >= 4 is 11.6 Å². The number of halogens is 3. The molecule has 2 aromatic carbocycles. The Balaban J connectivity index is 1.81. The Bertz CT molecular complexity index is 923. The fourth-order valence-corrected chi connectivity index (χ4v) is 3.62. The quantitative estimate of drug-likeness (QED) is 0.696. The monoisotopic (exact) mass is 417 g/mol.